The molecule has 0 spiro atoms. The van der Waals surface area contributed by atoms with Gasteiger partial charge in [0.05, 0.1) is 0 Å². The maximum atomic E-state index is 5.54. The average Bonchev–Trinajstić information content (AvgIpc) is 1.88. The summed E-state index contributed by atoms with van der Waals surface area (Å²) in [7, 11) is 0. The molecule has 0 unspecified atom stereocenters. The van der Waals surface area contributed by atoms with Gasteiger partial charge < -0.3 is 5.73 Å². The van der Waals surface area contributed by atoms with Crippen LogP contribution in [0.4, 0.5) is 5.69 Å². The molecule has 0 aromatic heterocycles. The molecule has 0 atom stereocenters. The minimum atomic E-state index is 0.533. The number of nitrogens with two attached hydrogens (primary N) is 1. The highest BCUT2D eigenvalue weighted by Crippen LogP contribution is 2.07. The molecule has 9 heavy (non-hydrogen) atoms. The van der Waals surface area contributed by atoms with E-state index in [0.717, 1.165) is 11.3 Å². The van der Waals surface area contributed by atoms with Crippen LogP contribution in [0.1, 0.15) is 5.56 Å². The summed E-state index contributed by atoms with van der Waals surface area (Å²) >= 11 is 5.54. The first kappa shape index (κ1) is 6.43. The van der Waals surface area contributed by atoms with Gasteiger partial charge in [0.1, 0.15) is 0 Å². The Morgan fingerprint density at radius 2 is 2.22 bits per heavy atom. The van der Waals surface area contributed by atoms with Crippen LogP contribution in [0, 0.1) is 0 Å². The Hall–Kier alpha value is -0.690. The van der Waals surface area contributed by atoms with E-state index in [4.69, 9.17) is 17.3 Å². The van der Waals surface area contributed by atoms with Gasteiger partial charge in [-0.2, -0.15) is 0 Å². The number of alkyl halides is 1. The van der Waals surface area contributed by atoms with E-state index < -0.39 is 0 Å². The van der Waals surface area contributed by atoms with Crippen molar-refractivity contribution in [2.75, 3.05) is 5.73 Å². The zero-order valence-electron chi connectivity index (χ0n) is 4.97. The first-order chi connectivity index (χ1) is 4.33. The molecule has 0 saturated heterocycles. The highest BCUT2D eigenvalue weighted by atomic mass is 35.5. The van der Waals surface area contributed by atoms with E-state index >= 15 is 0 Å². The lowest BCUT2D eigenvalue weighted by Crippen LogP contribution is -1.84. The zero-order chi connectivity index (χ0) is 6.69. The smallest absolute Gasteiger partial charge is 0.0474 e. The molecular formula is C7H8ClN. The van der Waals surface area contributed by atoms with Gasteiger partial charge in [-0.05, 0) is 17.7 Å². The van der Waals surface area contributed by atoms with E-state index in [9.17, 15) is 0 Å². The topological polar surface area (TPSA) is 26.0 Å². The van der Waals surface area contributed by atoms with E-state index in [1.54, 1.807) is 0 Å². The number of halogens is 1. The summed E-state index contributed by atoms with van der Waals surface area (Å²) in [5.41, 5.74) is 7.31. The van der Waals surface area contributed by atoms with E-state index in [-0.39, 0.29) is 0 Å². The van der Waals surface area contributed by atoms with Crippen LogP contribution in [0.25, 0.3) is 0 Å². The predicted molar refractivity (Wildman–Crippen MR) is 40.4 cm³/mol. The Morgan fingerprint density at radius 1 is 1.44 bits per heavy atom. The fraction of sp³-hybridized carbons (Fsp3) is 0.143. The minimum absolute atomic E-state index is 0.533. The quantitative estimate of drug-likeness (QED) is 0.470. The van der Waals surface area contributed by atoms with Crippen molar-refractivity contribution < 1.29 is 0 Å². The molecular weight excluding hydrogens is 134 g/mol. The molecule has 1 nitrogen and oxygen atoms in total. The molecule has 1 rings (SSSR count). The number of anilines is 1. The van der Waals surface area contributed by atoms with Crippen molar-refractivity contribution in [1.82, 2.24) is 0 Å². The second kappa shape index (κ2) is 2.74. The van der Waals surface area contributed by atoms with Gasteiger partial charge in [0.25, 0.3) is 0 Å². The Morgan fingerprint density at radius 3 is 2.67 bits per heavy atom. The van der Waals surface area contributed by atoms with E-state index in [1.165, 1.54) is 0 Å². The molecule has 48 valence electrons. The predicted octanol–water partition coefficient (Wildman–Crippen LogP) is 2.01. The molecule has 0 aliphatic heterocycles. The summed E-state index contributed by atoms with van der Waals surface area (Å²) in [4.78, 5) is 0. The number of rotatable bonds is 1. The number of nitrogen functional groups attached to an aromatic ring is 1. The third kappa shape index (κ3) is 1.61. The van der Waals surface area contributed by atoms with Gasteiger partial charge in [-0.15, -0.1) is 11.6 Å². The Bertz CT molecular complexity index is 198. The maximum absolute atomic E-state index is 5.54. The fourth-order valence-electron chi connectivity index (χ4n) is 0.676. The number of benzene rings is 1. The van der Waals surface area contributed by atoms with Crippen LogP contribution in [0.15, 0.2) is 24.3 Å². The molecule has 1 aromatic rings. The van der Waals surface area contributed by atoms with Crippen LogP contribution in [0.3, 0.4) is 0 Å². The van der Waals surface area contributed by atoms with Gasteiger partial charge in [0.15, 0.2) is 0 Å². The molecule has 0 aliphatic carbocycles. The van der Waals surface area contributed by atoms with Crippen molar-refractivity contribution in [1.29, 1.82) is 0 Å². The second-order valence-electron chi connectivity index (χ2n) is 1.88. The van der Waals surface area contributed by atoms with Crippen LogP contribution in [0.2, 0.25) is 0 Å². The lowest BCUT2D eigenvalue weighted by atomic mass is 10.2. The lowest BCUT2D eigenvalue weighted by molar-refractivity contribution is 1.41. The molecule has 0 heterocycles. The standard InChI is InChI=1S/C7H8ClN/c8-5-6-2-1-3-7(9)4-6/h1-4H,5,9H2. The van der Waals surface area contributed by atoms with Gasteiger partial charge in [-0.3, -0.25) is 0 Å². The molecule has 0 fully saturated rings. The molecule has 0 amide bonds. The van der Waals surface area contributed by atoms with E-state index in [0.29, 0.717) is 5.88 Å². The van der Waals surface area contributed by atoms with Crippen LogP contribution in [-0.2, 0) is 5.88 Å². The second-order valence-corrected chi connectivity index (χ2v) is 2.15. The third-order valence-electron chi connectivity index (χ3n) is 1.11. The molecule has 0 bridgehead atoms. The van der Waals surface area contributed by atoms with Gasteiger partial charge in [-0.1, -0.05) is 12.1 Å². The fourth-order valence-corrected chi connectivity index (χ4v) is 0.842. The molecule has 0 aliphatic rings. The summed E-state index contributed by atoms with van der Waals surface area (Å²) in [6.45, 7) is 0. The number of hydrogen-bond acceptors (Lipinski definition) is 1. The van der Waals surface area contributed by atoms with Gasteiger partial charge in [0, 0.05) is 11.6 Å². The Labute approximate surface area is 59.4 Å². The highest BCUT2D eigenvalue weighted by molar-refractivity contribution is 6.17. The SMILES string of the molecule is Nc1cccc(CCl)c1. The van der Waals surface area contributed by atoms with Gasteiger partial charge in [0.2, 0.25) is 0 Å². The summed E-state index contributed by atoms with van der Waals surface area (Å²) in [5.74, 6) is 0.533. The molecule has 0 saturated carbocycles. The first-order valence-corrected chi connectivity index (χ1v) is 3.27. The normalized spacial score (nSPS) is 9.44. The third-order valence-corrected chi connectivity index (χ3v) is 1.41. The molecule has 2 N–H and O–H groups in total. The summed E-state index contributed by atoms with van der Waals surface area (Å²) in [6, 6.07) is 7.56. The van der Waals surface area contributed by atoms with Crippen molar-refractivity contribution in [3.05, 3.63) is 29.8 Å². The lowest BCUT2D eigenvalue weighted by Gasteiger charge is -1.94. The van der Waals surface area contributed by atoms with Crippen molar-refractivity contribution in [3.8, 4) is 0 Å². The molecule has 1 aromatic carbocycles. The van der Waals surface area contributed by atoms with Crippen molar-refractivity contribution in [2.24, 2.45) is 0 Å². The number of hydrogen-bond donors (Lipinski definition) is 1. The van der Waals surface area contributed by atoms with E-state index in [1.807, 2.05) is 24.3 Å². The monoisotopic (exact) mass is 141 g/mol. The molecule has 2 heteroatoms. The minimum Gasteiger partial charge on any atom is -0.399 e. The maximum Gasteiger partial charge on any atom is 0.0474 e. The summed E-state index contributed by atoms with van der Waals surface area (Å²) < 4.78 is 0. The zero-order valence-corrected chi connectivity index (χ0v) is 5.73. The van der Waals surface area contributed by atoms with Crippen molar-refractivity contribution in [2.45, 2.75) is 5.88 Å². The van der Waals surface area contributed by atoms with Crippen molar-refractivity contribution >= 4 is 17.3 Å². The van der Waals surface area contributed by atoms with Gasteiger partial charge in [-0.25, -0.2) is 0 Å². The van der Waals surface area contributed by atoms with E-state index in [2.05, 4.69) is 0 Å². The largest absolute Gasteiger partial charge is 0.399 e. The Kier molecular flexibility index (Phi) is 1.96. The average molecular weight is 142 g/mol. The molecule has 0 radical (unpaired) electrons. The first-order valence-electron chi connectivity index (χ1n) is 2.73. The summed E-state index contributed by atoms with van der Waals surface area (Å²) in [5, 5.41) is 0. The van der Waals surface area contributed by atoms with Crippen LogP contribution in [0.5, 0.6) is 0 Å². The van der Waals surface area contributed by atoms with Crippen LogP contribution < -0.4 is 5.73 Å². The van der Waals surface area contributed by atoms with Crippen LogP contribution >= 0.6 is 11.6 Å². The summed E-state index contributed by atoms with van der Waals surface area (Å²) in [6.07, 6.45) is 0. The van der Waals surface area contributed by atoms with Gasteiger partial charge >= 0.3 is 0 Å². The highest BCUT2D eigenvalue weighted by Gasteiger charge is 1.87. The van der Waals surface area contributed by atoms with Crippen LogP contribution in [-0.4, -0.2) is 0 Å². The Balaban J connectivity index is 2.94. The van der Waals surface area contributed by atoms with Crippen molar-refractivity contribution in [3.63, 3.8) is 0 Å².